The molecule has 2 heterocycles. The van der Waals surface area contributed by atoms with Crippen LogP contribution in [0.15, 0.2) is 33.6 Å². The minimum Gasteiger partial charge on any atom is -0.445 e. The summed E-state index contributed by atoms with van der Waals surface area (Å²) in [4.78, 5) is 18.1. The van der Waals surface area contributed by atoms with Gasteiger partial charge in [-0.3, -0.25) is 4.79 Å². The van der Waals surface area contributed by atoms with Crippen molar-refractivity contribution in [1.82, 2.24) is 14.2 Å². The van der Waals surface area contributed by atoms with Crippen molar-refractivity contribution in [1.29, 1.82) is 0 Å². The van der Waals surface area contributed by atoms with Crippen molar-refractivity contribution in [3.8, 4) is 0 Å². The normalized spacial score (nSPS) is 16.4. The summed E-state index contributed by atoms with van der Waals surface area (Å²) in [5.74, 6) is 0.744. The first-order chi connectivity index (χ1) is 12.7. The van der Waals surface area contributed by atoms with E-state index in [1.54, 1.807) is 39.2 Å². The van der Waals surface area contributed by atoms with Gasteiger partial charge in [0.2, 0.25) is 10.0 Å². The van der Waals surface area contributed by atoms with Gasteiger partial charge >= 0.3 is 0 Å². The number of sulfonamides is 1. The van der Waals surface area contributed by atoms with Gasteiger partial charge in [0.25, 0.3) is 5.91 Å². The zero-order valence-electron chi connectivity index (χ0n) is 15.5. The summed E-state index contributed by atoms with van der Waals surface area (Å²) in [5.41, 5.74) is 0.307. The number of aromatic nitrogens is 1. The molecule has 3 rings (SSSR count). The molecule has 0 aliphatic carbocycles. The summed E-state index contributed by atoms with van der Waals surface area (Å²) >= 11 is 6.06. The number of carbonyl (C=O) groups is 1. The van der Waals surface area contributed by atoms with E-state index in [2.05, 4.69) is 4.98 Å². The van der Waals surface area contributed by atoms with E-state index in [1.165, 1.54) is 15.3 Å². The molecule has 1 aromatic carbocycles. The molecule has 9 heteroatoms. The molecule has 1 fully saturated rings. The number of halogens is 1. The third kappa shape index (κ3) is 3.88. The van der Waals surface area contributed by atoms with Gasteiger partial charge in [0.15, 0.2) is 11.6 Å². The lowest BCUT2D eigenvalue weighted by molar-refractivity contribution is 0.0821. The van der Waals surface area contributed by atoms with Gasteiger partial charge in [-0.05, 0) is 31.9 Å². The summed E-state index contributed by atoms with van der Waals surface area (Å²) in [6, 6.07) is 6.44. The Kier molecular flexibility index (Phi) is 5.60. The fourth-order valence-corrected chi connectivity index (χ4v) is 5.10. The Balaban J connectivity index is 1.74. The van der Waals surface area contributed by atoms with Gasteiger partial charge in [-0.2, -0.15) is 4.31 Å². The first-order valence-electron chi connectivity index (χ1n) is 8.65. The number of piperidine rings is 1. The third-order valence-electron chi connectivity index (χ3n) is 4.68. The SMILES string of the molecule is Cc1oc(C2CCN(S(=O)(=O)c3ccccc3Cl)CC2)nc1C(=O)N(C)C. The van der Waals surface area contributed by atoms with Crippen LogP contribution in [-0.2, 0) is 10.0 Å². The molecule has 0 N–H and O–H groups in total. The molecule has 7 nitrogen and oxygen atoms in total. The van der Waals surface area contributed by atoms with Gasteiger partial charge in [-0.1, -0.05) is 23.7 Å². The van der Waals surface area contributed by atoms with Crippen LogP contribution in [0.4, 0.5) is 0 Å². The van der Waals surface area contributed by atoms with Crippen molar-refractivity contribution in [2.45, 2.75) is 30.6 Å². The van der Waals surface area contributed by atoms with Crippen molar-refractivity contribution in [3.05, 3.63) is 46.6 Å². The molecule has 1 aromatic heterocycles. The molecule has 0 saturated carbocycles. The van der Waals surface area contributed by atoms with Gasteiger partial charge in [0, 0.05) is 33.1 Å². The van der Waals surface area contributed by atoms with E-state index in [9.17, 15) is 13.2 Å². The minimum atomic E-state index is -3.64. The Bertz CT molecular complexity index is 947. The quantitative estimate of drug-likeness (QED) is 0.772. The fraction of sp³-hybridized carbons (Fsp3) is 0.444. The molecule has 1 amide bonds. The van der Waals surface area contributed by atoms with Crippen LogP contribution in [0.25, 0.3) is 0 Å². The molecule has 0 spiro atoms. The number of amides is 1. The fourth-order valence-electron chi connectivity index (χ4n) is 3.14. The van der Waals surface area contributed by atoms with E-state index in [1.807, 2.05) is 0 Å². The zero-order valence-corrected chi connectivity index (χ0v) is 17.0. The second-order valence-electron chi connectivity index (χ2n) is 6.77. The second kappa shape index (κ2) is 7.61. The number of benzene rings is 1. The second-order valence-corrected chi connectivity index (χ2v) is 9.08. The monoisotopic (exact) mass is 411 g/mol. The Morgan fingerprint density at radius 1 is 1.26 bits per heavy atom. The topological polar surface area (TPSA) is 83.7 Å². The maximum Gasteiger partial charge on any atom is 0.275 e. The molecule has 1 saturated heterocycles. The molecule has 1 aliphatic heterocycles. The van der Waals surface area contributed by atoms with Crippen LogP contribution in [-0.4, -0.2) is 55.7 Å². The number of hydrogen-bond acceptors (Lipinski definition) is 5. The van der Waals surface area contributed by atoms with E-state index in [4.69, 9.17) is 16.0 Å². The van der Waals surface area contributed by atoms with Crippen LogP contribution >= 0.6 is 11.6 Å². The predicted molar refractivity (Wildman–Crippen MR) is 101 cm³/mol. The van der Waals surface area contributed by atoms with Crippen LogP contribution in [0.5, 0.6) is 0 Å². The van der Waals surface area contributed by atoms with E-state index in [0.29, 0.717) is 43.3 Å². The summed E-state index contributed by atoms with van der Waals surface area (Å²) in [7, 11) is -0.315. The molecular weight excluding hydrogens is 390 g/mol. The molecule has 0 radical (unpaired) electrons. The number of carbonyl (C=O) groups excluding carboxylic acids is 1. The Hall–Kier alpha value is -1.90. The van der Waals surface area contributed by atoms with Gasteiger partial charge in [-0.25, -0.2) is 13.4 Å². The molecule has 146 valence electrons. The maximum absolute atomic E-state index is 12.8. The first kappa shape index (κ1) is 19.9. The smallest absolute Gasteiger partial charge is 0.275 e. The minimum absolute atomic E-state index is 0.0230. The van der Waals surface area contributed by atoms with Crippen molar-refractivity contribution in [2.75, 3.05) is 27.2 Å². The molecular formula is C18H22ClN3O4S. The number of aryl methyl sites for hydroxylation is 1. The number of oxazole rings is 1. The van der Waals surface area contributed by atoms with Crippen LogP contribution < -0.4 is 0 Å². The standard InChI is InChI=1S/C18H22ClN3O4S/c1-12-16(18(23)21(2)3)20-17(26-12)13-8-10-22(11-9-13)27(24,25)15-7-5-4-6-14(15)19/h4-7,13H,8-11H2,1-3H3. The Labute approximate surface area is 164 Å². The lowest BCUT2D eigenvalue weighted by Gasteiger charge is -2.30. The number of hydrogen-bond donors (Lipinski definition) is 0. The van der Waals surface area contributed by atoms with Crippen molar-refractivity contribution in [3.63, 3.8) is 0 Å². The third-order valence-corrected chi connectivity index (χ3v) is 7.08. The molecule has 2 aromatic rings. The highest BCUT2D eigenvalue weighted by atomic mass is 35.5. The Morgan fingerprint density at radius 3 is 2.48 bits per heavy atom. The summed E-state index contributed by atoms with van der Waals surface area (Å²) < 4.78 is 32.8. The molecule has 0 atom stereocenters. The maximum atomic E-state index is 12.8. The largest absolute Gasteiger partial charge is 0.445 e. The highest BCUT2D eigenvalue weighted by Crippen LogP contribution is 2.32. The van der Waals surface area contributed by atoms with Gasteiger partial charge < -0.3 is 9.32 Å². The molecule has 1 aliphatic rings. The van der Waals surface area contributed by atoms with Crippen LogP contribution in [0.3, 0.4) is 0 Å². The van der Waals surface area contributed by atoms with E-state index >= 15 is 0 Å². The molecule has 0 unspecified atom stereocenters. The predicted octanol–water partition coefficient (Wildman–Crippen LogP) is 2.91. The van der Waals surface area contributed by atoms with Gasteiger partial charge in [-0.15, -0.1) is 0 Å². The van der Waals surface area contributed by atoms with Crippen molar-refractivity contribution in [2.24, 2.45) is 0 Å². The van der Waals surface area contributed by atoms with E-state index in [0.717, 1.165) is 0 Å². The number of nitrogens with zero attached hydrogens (tertiary/aromatic N) is 3. The molecule has 27 heavy (non-hydrogen) atoms. The Morgan fingerprint density at radius 2 is 1.89 bits per heavy atom. The van der Waals surface area contributed by atoms with Crippen molar-refractivity contribution >= 4 is 27.5 Å². The highest BCUT2D eigenvalue weighted by Gasteiger charge is 2.33. The van der Waals surface area contributed by atoms with Crippen LogP contribution in [0, 0.1) is 6.92 Å². The van der Waals surface area contributed by atoms with E-state index < -0.39 is 10.0 Å². The van der Waals surface area contributed by atoms with Crippen LogP contribution in [0.1, 0.15) is 40.9 Å². The summed E-state index contributed by atoms with van der Waals surface area (Å²) in [5, 5.41) is 0.217. The average Bonchev–Trinajstić information content (AvgIpc) is 3.03. The highest BCUT2D eigenvalue weighted by molar-refractivity contribution is 7.89. The lowest BCUT2D eigenvalue weighted by Crippen LogP contribution is -2.38. The number of rotatable bonds is 4. The van der Waals surface area contributed by atoms with Crippen molar-refractivity contribution < 1.29 is 17.6 Å². The molecule has 0 bridgehead atoms. The van der Waals surface area contributed by atoms with Crippen LogP contribution in [0.2, 0.25) is 5.02 Å². The average molecular weight is 412 g/mol. The summed E-state index contributed by atoms with van der Waals surface area (Å²) in [6.45, 7) is 2.40. The van der Waals surface area contributed by atoms with Gasteiger partial charge in [0.1, 0.15) is 10.7 Å². The zero-order chi connectivity index (χ0) is 19.8. The first-order valence-corrected chi connectivity index (χ1v) is 10.5. The van der Waals surface area contributed by atoms with E-state index in [-0.39, 0.29) is 21.7 Å². The lowest BCUT2D eigenvalue weighted by atomic mass is 9.98. The summed E-state index contributed by atoms with van der Waals surface area (Å²) in [6.07, 6.45) is 1.14. The van der Waals surface area contributed by atoms with Gasteiger partial charge in [0.05, 0.1) is 5.02 Å².